The largest absolute Gasteiger partial charge is 0.497 e. The predicted octanol–water partition coefficient (Wildman–Crippen LogP) is 1.73. The van der Waals surface area contributed by atoms with E-state index in [1.54, 1.807) is 31.8 Å². The molecule has 0 unspecified atom stereocenters. The van der Waals surface area contributed by atoms with Crippen molar-refractivity contribution in [3.05, 3.63) is 48.3 Å². The third-order valence-corrected chi connectivity index (χ3v) is 3.25. The monoisotopic (exact) mass is 302 g/mol. The van der Waals surface area contributed by atoms with E-state index in [-0.39, 0.29) is 11.7 Å². The van der Waals surface area contributed by atoms with Crippen LogP contribution in [0.4, 0.5) is 0 Å². The maximum Gasteiger partial charge on any atom is 0.250 e. The van der Waals surface area contributed by atoms with Gasteiger partial charge in [0.25, 0.3) is 5.91 Å². The lowest BCUT2D eigenvalue weighted by Crippen LogP contribution is -2.19. The van der Waals surface area contributed by atoms with E-state index in [0.717, 1.165) is 11.3 Å². The first kappa shape index (κ1) is 15.0. The second-order valence-corrected chi connectivity index (χ2v) is 4.83. The van der Waals surface area contributed by atoms with Crippen LogP contribution in [0.5, 0.6) is 5.75 Å². The lowest BCUT2D eigenvalue weighted by atomic mass is 10.2. The maximum atomic E-state index is 11.6. The Hall–Kier alpha value is -2.41. The van der Waals surface area contributed by atoms with E-state index >= 15 is 0 Å². The molecule has 0 saturated heterocycles. The quantitative estimate of drug-likeness (QED) is 0.380. The van der Waals surface area contributed by atoms with Gasteiger partial charge in [-0.15, -0.1) is 0 Å². The zero-order valence-corrected chi connectivity index (χ0v) is 12.2. The Labute approximate surface area is 126 Å². The first-order valence-electron chi connectivity index (χ1n) is 6.13. The molecule has 1 heterocycles. The molecule has 0 saturated carbocycles. The number of thioether (sulfide) groups is 1. The Balaban J connectivity index is 1.79. The van der Waals surface area contributed by atoms with Crippen LogP contribution in [-0.4, -0.2) is 35.0 Å². The van der Waals surface area contributed by atoms with Gasteiger partial charge in [0.15, 0.2) is 5.16 Å². The normalized spacial score (nSPS) is 10.5. The maximum absolute atomic E-state index is 11.6. The summed E-state index contributed by atoms with van der Waals surface area (Å²) in [5.41, 5.74) is 3.29. The van der Waals surface area contributed by atoms with Crippen molar-refractivity contribution in [1.82, 2.24) is 15.4 Å². The number of methoxy groups -OCH3 is 1. The number of hydrazone groups is 1. The number of benzene rings is 1. The molecule has 2 rings (SSSR count). The summed E-state index contributed by atoms with van der Waals surface area (Å²) in [7, 11) is 1.60. The molecule has 2 aromatic rings. The standard InChI is InChI=1S/C14H14N4O2S/c1-20-12-5-2-4-11(8-12)9-17-18-13(19)10-21-14-15-6-3-7-16-14/h2-9H,10H2,1H3,(H,18,19)/b17-9+. The third kappa shape index (κ3) is 5.23. The summed E-state index contributed by atoms with van der Waals surface area (Å²) in [6.45, 7) is 0. The van der Waals surface area contributed by atoms with Crippen LogP contribution in [0.1, 0.15) is 5.56 Å². The van der Waals surface area contributed by atoms with Gasteiger partial charge in [-0.25, -0.2) is 15.4 Å². The van der Waals surface area contributed by atoms with Crippen LogP contribution >= 0.6 is 11.8 Å². The summed E-state index contributed by atoms with van der Waals surface area (Å²) < 4.78 is 5.10. The highest BCUT2D eigenvalue weighted by atomic mass is 32.2. The molecule has 0 fully saturated rings. The third-order valence-electron chi connectivity index (χ3n) is 2.37. The van der Waals surface area contributed by atoms with Crippen LogP contribution in [0.2, 0.25) is 0 Å². The summed E-state index contributed by atoms with van der Waals surface area (Å²) in [6, 6.07) is 9.10. The summed E-state index contributed by atoms with van der Waals surface area (Å²) >= 11 is 1.25. The van der Waals surface area contributed by atoms with E-state index in [0.29, 0.717) is 5.16 Å². The minimum atomic E-state index is -0.216. The predicted molar refractivity (Wildman–Crippen MR) is 81.5 cm³/mol. The van der Waals surface area contributed by atoms with Crippen molar-refractivity contribution in [2.75, 3.05) is 12.9 Å². The van der Waals surface area contributed by atoms with Crippen LogP contribution < -0.4 is 10.2 Å². The van der Waals surface area contributed by atoms with Crippen molar-refractivity contribution in [3.8, 4) is 5.75 Å². The molecule has 0 aliphatic carbocycles. The number of carbonyl (C=O) groups excluding carboxylic acids is 1. The van der Waals surface area contributed by atoms with Crippen molar-refractivity contribution >= 4 is 23.9 Å². The second kappa shape index (κ2) is 8.01. The summed E-state index contributed by atoms with van der Waals surface area (Å²) in [5.74, 6) is 0.730. The Morgan fingerprint density at radius 1 is 1.38 bits per heavy atom. The molecule has 6 nitrogen and oxygen atoms in total. The lowest BCUT2D eigenvalue weighted by Gasteiger charge is -2.00. The zero-order chi connectivity index (χ0) is 14.9. The molecule has 1 aromatic heterocycles. The van der Waals surface area contributed by atoms with Gasteiger partial charge in [-0.3, -0.25) is 4.79 Å². The molecule has 1 N–H and O–H groups in total. The van der Waals surface area contributed by atoms with Crippen LogP contribution in [0, 0.1) is 0 Å². The smallest absolute Gasteiger partial charge is 0.250 e. The van der Waals surface area contributed by atoms with Gasteiger partial charge in [-0.2, -0.15) is 5.10 Å². The van der Waals surface area contributed by atoms with Gasteiger partial charge >= 0.3 is 0 Å². The number of hydrogen-bond donors (Lipinski definition) is 1. The van der Waals surface area contributed by atoms with E-state index in [4.69, 9.17) is 4.74 Å². The molecule has 0 spiro atoms. The van der Waals surface area contributed by atoms with E-state index < -0.39 is 0 Å². The van der Waals surface area contributed by atoms with Gasteiger partial charge in [-0.05, 0) is 23.8 Å². The van der Waals surface area contributed by atoms with Crippen molar-refractivity contribution < 1.29 is 9.53 Å². The molecular weight excluding hydrogens is 288 g/mol. The van der Waals surface area contributed by atoms with Gasteiger partial charge in [0.05, 0.1) is 19.1 Å². The van der Waals surface area contributed by atoms with E-state index in [1.165, 1.54) is 11.8 Å². The van der Waals surface area contributed by atoms with Gasteiger partial charge in [0.1, 0.15) is 5.75 Å². The molecule has 0 aliphatic heterocycles. The summed E-state index contributed by atoms with van der Waals surface area (Å²) in [6.07, 6.45) is 4.83. The molecule has 21 heavy (non-hydrogen) atoms. The van der Waals surface area contributed by atoms with Crippen LogP contribution in [0.3, 0.4) is 0 Å². The molecule has 1 amide bonds. The molecule has 1 aromatic carbocycles. The average Bonchev–Trinajstić information content (AvgIpc) is 2.54. The van der Waals surface area contributed by atoms with Gasteiger partial charge in [0, 0.05) is 12.4 Å². The topological polar surface area (TPSA) is 76.5 Å². The average molecular weight is 302 g/mol. The second-order valence-electron chi connectivity index (χ2n) is 3.89. The molecule has 0 bridgehead atoms. The number of rotatable bonds is 6. The molecule has 0 atom stereocenters. The molecule has 7 heteroatoms. The highest BCUT2D eigenvalue weighted by molar-refractivity contribution is 7.99. The number of amides is 1. The number of aromatic nitrogens is 2. The fourth-order valence-corrected chi connectivity index (χ4v) is 2.02. The highest BCUT2D eigenvalue weighted by Gasteiger charge is 2.02. The van der Waals surface area contributed by atoms with E-state index in [2.05, 4.69) is 20.5 Å². The molecule has 108 valence electrons. The molecule has 0 aliphatic rings. The Morgan fingerprint density at radius 2 is 2.19 bits per heavy atom. The number of nitrogens with zero attached hydrogens (tertiary/aromatic N) is 3. The van der Waals surface area contributed by atoms with Crippen molar-refractivity contribution in [3.63, 3.8) is 0 Å². The fourth-order valence-electron chi connectivity index (χ4n) is 1.42. The number of hydrogen-bond acceptors (Lipinski definition) is 6. The van der Waals surface area contributed by atoms with Crippen LogP contribution in [0.25, 0.3) is 0 Å². The summed E-state index contributed by atoms with van der Waals surface area (Å²) in [4.78, 5) is 19.6. The van der Waals surface area contributed by atoms with Gasteiger partial charge in [-0.1, -0.05) is 23.9 Å². The first-order valence-corrected chi connectivity index (χ1v) is 7.12. The fraction of sp³-hybridized carbons (Fsp3) is 0.143. The molecular formula is C14H14N4O2S. The van der Waals surface area contributed by atoms with Crippen LogP contribution in [-0.2, 0) is 4.79 Å². The number of carbonyl (C=O) groups is 1. The Bertz CT molecular complexity index is 619. The van der Waals surface area contributed by atoms with Gasteiger partial charge in [0.2, 0.25) is 0 Å². The first-order chi connectivity index (χ1) is 10.3. The van der Waals surface area contributed by atoms with E-state index in [9.17, 15) is 4.79 Å². The minimum Gasteiger partial charge on any atom is -0.497 e. The van der Waals surface area contributed by atoms with Crippen molar-refractivity contribution in [2.45, 2.75) is 5.16 Å². The zero-order valence-electron chi connectivity index (χ0n) is 11.4. The van der Waals surface area contributed by atoms with Crippen molar-refractivity contribution in [2.24, 2.45) is 5.10 Å². The number of ether oxygens (including phenoxy) is 1. The Morgan fingerprint density at radius 3 is 2.95 bits per heavy atom. The highest BCUT2D eigenvalue weighted by Crippen LogP contribution is 2.11. The Kier molecular flexibility index (Phi) is 5.71. The van der Waals surface area contributed by atoms with Gasteiger partial charge < -0.3 is 4.74 Å². The van der Waals surface area contributed by atoms with Crippen LogP contribution in [0.15, 0.2) is 53.0 Å². The minimum absolute atomic E-state index is 0.208. The SMILES string of the molecule is COc1cccc(/C=N/NC(=O)CSc2ncccn2)c1. The van der Waals surface area contributed by atoms with Crippen molar-refractivity contribution in [1.29, 1.82) is 0 Å². The lowest BCUT2D eigenvalue weighted by molar-refractivity contribution is -0.118. The molecule has 0 radical (unpaired) electrons. The van der Waals surface area contributed by atoms with E-state index in [1.807, 2.05) is 24.3 Å². The summed E-state index contributed by atoms with van der Waals surface area (Å²) in [5, 5.41) is 4.45. The number of nitrogens with one attached hydrogen (secondary N) is 1.